The second-order valence-electron chi connectivity index (χ2n) is 7.02. The Morgan fingerprint density at radius 1 is 0.931 bits per heavy atom. The van der Waals surface area contributed by atoms with Crippen molar-refractivity contribution in [3.05, 3.63) is 95.6 Å². The van der Waals surface area contributed by atoms with E-state index >= 15 is 0 Å². The highest BCUT2D eigenvalue weighted by atomic mass is 32.2. The summed E-state index contributed by atoms with van der Waals surface area (Å²) in [4.78, 5) is 12.6. The molecule has 0 saturated carbocycles. The molecule has 3 rings (SSSR count). The Labute approximate surface area is 171 Å². The summed E-state index contributed by atoms with van der Waals surface area (Å²) >= 11 is 0. The van der Waals surface area contributed by atoms with Crippen molar-refractivity contribution >= 4 is 21.6 Å². The summed E-state index contributed by atoms with van der Waals surface area (Å²) in [5.74, 6) is -0.157. The maximum Gasteiger partial charge on any atom is 0.261 e. The second-order valence-corrected chi connectivity index (χ2v) is 8.70. The number of aryl methyl sites for hydroxylation is 1. The molecule has 0 aromatic heterocycles. The monoisotopic (exact) mass is 408 g/mol. The predicted molar refractivity (Wildman–Crippen MR) is 116 cm³/mol. The Morgan fingerprint density at radius 2 is 1.62 bits per heavy atom. The van der Waals surface area contributed by atoms with Crippen LogP contribution in [0.2, 0.25) is 0 Å². The smallest absolute Gasteiger partial charge is 0.261 e. The molecule has 1 unspecified atom stereocenters. The van der Waals surface area contributed by atoms with Crippen LogP contribution in [0.1, 0.15) is 34.3 Å². The molecule has 0 saturated heterocycles. The van der Waals surface area contributed by atoms with E-state index in [1.165, 1.54) is 12.1 Å². The highest BCUT2D eigenvalue weighted by Gasteiger charge is 2.17. The summed E-state index contributed by atoms with van der Waals surface area (Å²) in [6.07, 6.45) is 0. The third kappa shape index (κ3) is 5.45. The third-order valence-corrected chi connectivity index (χ3v) is 6.03. The molecule has 6 heteroatoms. The van der Waals surface area contributed by atoms with Gasteiger partial charge in [0.2, 0.25) is 0 Å². The van der Waals surface area contributed by atoms with Gasteiger partial charge in [0.1, 0.15) is 0 Å². The van der Waals surface area contributed by atoms with Gasteiger partial charge in [-0.25, -0.2) is 8.42 Å². The van der Waals surface area contributed by atoms with Crippen LogP contribution in [0.3, 0.4) is 0 Å². The fourth-order valence-electron chi connectivity index (χ4n) is 2.89. The van der Waals surface area contributed by atoms with Crippen molar-refractivity contribution in [2.75, 3.05) is 11.3 Å². The molecule has 3 aromatic rings. The lowest BCUT2D eigenvalue weighted by molar-refractivity contribution is 0.0951. The number of benzene rings is 3. The van der Waals surface area contributed by atoms with E-state index in [0.717, 1.165) is 11.1 Å². The maximum absolute atomic E-state index is 12.7. The van der Waals surface area contributed by atoms with E-state index in [1.54, 1.807) is 24.3 Å². The number of hydrogen-bond donors (Lipinski definition) is 2. The van der Waals surface area contributed by atoms with Crippen LogP contribution in [0.25, 0.3) is 0 Å². The molecule has 3 aromatic carbocycles. The molecule has 1 atom stereocenters. The summed E-state index contributed by atoms with van der Waals surface area (Å²) in [6.45, 7) is 4.42. The minimum Gasteiger partial charge on any atom is -0.351 e. The largest absolute Gasteiger partial charge is 0.351 e. The van der Waals surface area contributed by atoms with Gasteiger partial charge in [0.15, 0.2) is 0 Å². The number of rotatable bonds is 7. The molecule has 0 aliphatic heterocycles. The third-order valence-electron chi connectivity index (χ3n) is 4.65. The van der Waals surface area contributed by atoms with E-state index in [1.807, 2.05) is 56.3 Å². The topological polar surface area (TPSA) is 75.3 Å². The quantitative estimate of drug-likeness (QED) is 0.611. The molecule has 0 aliphatic rings. The summed E-state index contributed by atoms with van der Waals surface area (Å²) in [7, 11) is -3.79. The van der Waals surface area contributed by atoms with Gasteiger partial charge < -0.3 is 5.32 Å². The normalized spacial score (nSPS) is 12.2. The lowest BCUT2D eigenvalue weighted by atomic mass is 10.0. The van der Waals surface area contributed by atoms with Crippen LogP contribution < -0.4 is 10.0 Å². The van der Waals surface area contributed by atoms with Crippen LogP contribution in [-0.2, 0) is 10.0 Å². The molecule has 0 radical (unpaired) electrons. The van der Waals surface area contributed by atoms with Gasteiger partial charge in [-0.15, -0.1) is 0 Å². The van der Waals surface area contributed by atoms with Crippen molar-refractivity contribution in [1.82, 2.24) is 5.32 Å². The van der Waals surface area contributed by atoms with Crippen LogP contribution in [-0.4, -0.2) is 20.9 Å². The van der Waals surface area contributed by atoms with Gasteiger partial charge in [-0.3, -0.25) is 9.52 Å². The molecular formula is C23H24N2O3S. The molecule has 1 amide bonds. The van der Waals surface area contributed by atoms with Crippen LogP contribution in [0.15, 0.2) is 83.8 Å². The first kappa shape index (κ1) is 20.6. The Balaban J connectivity index is 1.69. The van der Waals surface area contributed by atoms with Crippen LogP contribution in [0.4, 0.5) is 5.69 Å². The molecule has 150 valence electrons. The van der Waals surface area contributed by atoms with Gasteiger partial charge in [0, 0.05) is 17.8 Å². The van der Waals surface area contributed by atoms with E-state index in [-0.39, 0.29) is 16.7 Å². The zero-order chi connectivity index (χ0) is 20.9. The summed E-state index contributed by atoms with van der Waals surface area (Å²) in [5.41, 5.74) is 2.95. The lowest BCUT2D eigenvalue weighted by Crippen LogP contribution is -2.27. The van der Waals surface area contributed by atoms with Crippen LogP contribution in [0, 0.1) is 6.92 Å². The minimum atomic E-state index is -3.79. The van der Waals surface area contributed by atoms with E-state index in [4.69, 9.17) is 0 Å². The molecule has 0 fully saturated rings. The lowest BCUT2D eigenvalue weighted by Gasteiger charge is -2.14. The van der Waals surface area contributed by atoms with Crippen molar-refractivity contribution in [2.45, 2.75) is 24.7 Å². The van der Waals surface area contributed by atoms with Gasteiger partial charge in [-0.1, -0.05) is 61.0 Å². The average Bonchev–Trinajstić information content (AvgIpc) is 2.74. The number of carbonyl (C=O) groups is 1. The van der Waals surface area contributed by atoms with Crippen molar-refractivity contribution in [3.8, 4) is 0 Å². The number of amides is 1. The van der Waals surface area contributed by atoms with Gasteiger partial charge in [0.25, 0.3) is 15.9 Å². The first-order chi connectivity index (χ1) is 13.8. The second kappa shape index (κ2) is 8.92. The van der Waals surface area contributed by atoms with Crippen molar-refractivity contribution in [3.63, 3.8) is 0 Å². The SMILES string of the molecule is Cc1ccc(NS(=O)(=O)c2cccc(C(=O)NCC(C)c3ccccc3)c2)cc1. The van der Waals surface area contributed by atoms with Crippen molar-refractivity contribution < 1.29 is 13.2 Å². The fraction of sp³-hybridized carbons (Fsp3) is 0.174. The highest BCUT2D eigenvalue weighted by molar-refractivity contribution is 7.92. The van der Waals surface area contributed by atoms with Crippen LogP contribution >= 0.6 is 0 Å². The van der Waals surface area contributed by atoms with Crippen LogP contribution in [0.5, 0.6) is 0 Å². The number of anilines is 1. The molecule has 2 N–H and O–H groups in total. The molecule has 5 nitrogen and oxygen atoms in total. The first-order valence-corrected chi connectivity index (χ1v) is 10.9. The zero-order valence-electron chi connectivity index (χ0n) is 16.4. The highest BCUT2D eigenvalue weighted by Crippen LogP contribution is 2.18. The Kier molecular flexibility index (Phi) is 6.34. The number of hydrogen-bond acceptors (Lipinski definition) is 3. The zero-order valence-corrected chi connectivity index (χ0v) is 17.2. The molecule has 29 heavy (non-hydrogen) atoms. The van der Waals surface area contributed by atoms with Crippen molar-refractivity contribution in [2.24, 2.45) is 0 Å². The number of nitrogens with one attached hydrogen (secondary N) is 2. The van der Waals surface area contributed by atoms with Gasteiger partial charge >= 0.3 is 0 Å². The van der Waals surface area contributed by atoms with E-state index < -0.39 is 10.0 Å². The predicted octanol–water partition coefficient (Wildman–Crippen LogP) is 4.33. The number of sulfonamides is 1. The molecular weight excluding hydrogens is 384 g/mol. The van der Waals surface area contributed by atoms with E-state index in [9.17, 15) is 13.2 Å². The fourth-order valence-corrected chi connectivity index (χ4v) is 3.99. The van der Waals surface area contributed by atoms with E-state index in [0.29, 0.717) is 17.8 Å². The van der Waals surface area contributed by atoms with Gasteiger partial charge in [-0.05, 0) is 48.7 Å². The summed E-state index contributed by atoms with van der Waals surface area (Å²) in [5, 5.41) is 2.88. The van der Waals surface area contributed by atoms with Gasteiger partial charge in [0.05, 0.1) is 4.90 Å². The van der Waals surface area contributed by atoms with E-state index in [2.05, 4.69) is 10.0 Å². The standard InChI is InChI=1S/C23H24N2O3S/c1-17-11-13-21(14-12-17)25-29(27,28)22-10-6-9-20(15-22)23(26)24-16-18(2)19-7-4-3-5-8-19/h3-15,18,25H,16H2,1-2H3,(H,24,26). The molecule has 0 spiro atoms. The number of carbonyl (C=O) groups excluding carboxylic acids is 1. The summed E-state index contributed by atoms with van der Waals surface area (Å²) < 4.78 is 27.9. The maximum atomic E-state index is 12.7. The summed E-state index contributed by atoms with van der Waals surface area (Å²) in [6, 6.07) is 23.0. The van der Waals surface area contributed by atoms with Gasteiger partial charge in [-0.2, -0.15) is 0 Å². The Morgan fingerprint density at radius 3 is 2.31 bits per heavy atom. The molecule has 0 bridgehead atoms. The minimum absolute atomic E-state index is 0.0434. The molecule has 0 aliphatic carbocycles. The van der Waals surface area contributed by atoms with Crippen molar-refractivity contribution in [1.29, 1.82) is 0 Å². The Hall–Kier alpha value is -3.12. The average molecular weight is 409 g/mol. The first-order valence-electron chi connectivity index (χ1n) is 9.38. The molecule has 0 heterocycles. The Bertz CT molecular complexity index is 1080.